The maximum atomic E-state index is 12.5. The molecule has 0 aliphatic carbocycles. The minimum absolute atomic E-state index is 0.104. The molecule has 1 amide bonds. The molecule has 1 unspecified atom stereocenters. The van der Waals surface area contributed by atoms with Gasteiger partial charge in [0.1, 0.15) is 5.75 Å². The number of nitrogens with zero attached hydrogens (tertiary/aromatic N) is 2. The molecule has 2 heterocycles. The summed E-state index contributed by atoms with van der Waals surface area (Å²) in [5.41, 5.74) is 3.20. The Morgan fingerprint density at radius 2 is 2.07 bits per heavy atom. The van der Waals surface area contributed by atoms with Crippen molar-refractivity contribution >= 4 is 5.91 Å². The van der Waals surface area contributed by atoms with Crippen LogP contribution in [0.3, 0.4) is 0 Å². The first-order valence-corrected chi connectivity index (χ1v) is 9.86. The van der Waals surface area contributed by atoms with E-state index in [1.54, 1.807) is 24.3 Å². The summed E-state index contributed by atoms with van der Waals surface area (Å²) >= 11 is 0. The number of aryl methyl sites for hydroxylation is 1. The van der Waals surface area contributed by atoms with Crippen molar-refractivity contribution in [2.45, 2.75) is 32.4 Å². The lowest BCUT2D eigenvalue weighted by atomic mass is 9.94. The van der Waals surface area contributed by atoms with Crippen LogP contribution in [0.2, 0.25) is 0 Å². The summed E-state index contributed by atoms with van der Waals surface area (Å²) in [6.45, 7) is 3.64. The van der Waals surface area contributed by atoms with Gasteiger partial charge >= 0.3 is 0 Å². The molecule has 2 aromatic carbocycles. The minimum Gasteiger partial charge on any atom is -0.485 e. The molecule has 0 fully saturated rings. The van der Waals surface area contributed by atoms with Crippen LogP contribution in [0, 0.1) is 0 Å². The van der Waals surface area contributed by atoms with Crippen molar-refractivity contribution < 1.29 is 14.1 Å². The van der Waals surface area contributed by atoms with Gasteiger partial charge in [-0.25, -0.2) is 0 Å². The van der Waals surface area contributed by atoms with Crippen molar-refractivity contribution in [3.63, 3.8) is 0 Å². The van der Waals surface area contributed by atoms with E-state index in [1.165, 1.54) is 11.1 Å². The second-order valence-electron chi connectivity index (χ2n) is 6.94. The predicted octanol–water partition coefficient (Wildman–Crippen LogP) is 2.83. The van der Waals surface area contributed by atoms with E-state index in [-0.39, 0.29) is 18.6 Å². The van der Waals surface area contributed by atoms with Gasteiger partial charge in [-0.2, -0.15) is 4.98 Å². The molecule has 7 nitrogen and oxygen atoms in total. The summed E-state index contributed by atoms with van der Waals surface area (Å²) in [6.07, 6.45) is 1.71. The normalized spacial score (nSPS) is 15.6. The standard InChI is InChI=1S/C22H24N4O3/c1-2-21-25-20(26-29-21)14-28-17-9-7-16(8-10-17)22(27)24-13-19-18-6-4-3-5-15(18)11-12-23-19/h3-10,19,23H,2,11-14H2,1H3,(H,24,27). The Bertz CT molecular complexity index is 968. The highest BCUT2D eigenvalue weighted by atomic mass is 16.5. The van der Waals surface area contributed by atoms with Crippen molar-refractivity contribution in [1.82, 2.24) is 20.8 Å². The van der Waals surface area contributed by atoms with Crippen molar-refractivity contribution in [3.8, 4) is 5.75 Å². The average Bonchev–Trinajstić information content (AvgIpc) is 3.24. The van der Waals surface area contributed by atoms with E-state index < -0.39 is 0 Å². The van der Waals surface area contributed by atoms with E-state index in [9.17, 15) is 4.79 Å². The van der Waals surface area contributed by atoms with E-state index >= 15 is 0 Å². The second-order valence-corrected chi connectivity index (χ2v) is 6.94. The van der Waals surface area contributed by atoms with E-state index in [0.29, 0.717) is 36.0 Å². The molecule has 4 rings (SSSR count). The highest BCUT2D eigenvalue weighted by Gasteiger charge is 2.19. The number of carbonyl (C=O) groups excluding carboxylic acids is 1. The maximum absolute atomic E-state index is 12.5. The first-order valence-electron chi connectivity index (χ1n) is 9.86. The number of nitrogens with one attached hydrogen (secondary N) is 2. The molecule has 1 aromatic heterocycles. The quantitative estimate of drug-likeness (QED) is 0.643. The van der Waals surface area contributed by atoms with Crippen LogP contribution in [0.25, 0.3) is 0 Å². The van der Waals surface area contributed by atoms with Gasteiger partial charge in [0.15, 0.2) is 6.61 Å². The lowest BCUT2D eigenvalue weighted by Crippen LogP contribution is -2.38. The monoisotopic (exact) mass is 392 g/mol. The third-order valence-electron chi connectivity index (χ3n) is 4.98. The van der Waals surface area contributed by atoms with Gasteiger partial charge in [0.2, 0.25) is 11.7 Å². The van der Waals surface area contributed by atoms with Crippen LogP contribution in [-0.4, -0.2) is 29.1 Å². The molecule has 0 bridgehead atoms. The van der Waals surface area contributed by atoms with Crippen molar-refractivity contribution in [3.05, 3.63) is 76.9 Å². The Morgan fingerprint density at radius 3 is 2.86 bits per heavy atom. The summed E-state index contributed by atoms with van der Waals surface area (Å²) in [5.74, 6) is 1.63. The zero-order valence-corrected chi connectivity index (χ0v) is 16.4. The van der Waals surface area contributed by atoms with Crippen LogP contribution < -0.4 is 15.4 Å². The van der Waals surface area contributed by atoms with Crippen molar-refractivity contribution in [1.29, 1.82) is 0 Å². The fourth-order valence-electron chi connectivity index (χ4n) is 3.41. The Balaban J connectivity index is 1.30. The van der Waals surface area contributed by atoms with Crippen LogP contribution in [-0.2, 0) is 19.4 Å². The topological polar surface area (TPSA) is 89.3 Å². The van der Waals surface area contributed by atoms with Gasteiger partial charge in [-0.1, -0.05) is 36.3 Å². The molecule has 1 aliphatic heterocycles. The van der Waals surface area contributed by atoms with Crippen LogP contribution in [0.15, 0.2) is 53.1 Å². The first kappa shape index (κ1) is 19.1. The maximum Gasteiger partial charge on any atom is 0.251 e. The molecule has 0 spiro atoms. The smallest absolute Gasteiger partial charge is 0.251 e. The van der Waals surface area contributed by atoms with E-state index in [2.05, 4.69) is 39.0 Å². The predicted molar refractivity (Wildman–Crippen MR) is 108 cm³/mol. The van der Waals surface area contributed by atoms with Crippen molar-refractivity contribution in [2.24, 2.45) is 0 Å². The van der Waals surface area contributed by atoms with Gasteiger partial charge in [0, 0.05) is 24.6 Å². The number of aromatic nitrogens is 2. The summed E-state index contributed by atoms with van der Waals surface area (Å²) in [7, 11) is 0. The molecular formula is C22H24N4O3. The lowest BCUT2D eigenvalue weighted by Gasteiger charge is -2.27. The number of hydrogen-bond donors (Lipinski definition) is 2. The summed E-state index contributed by atoms with van der Waals surface area (Å²) in [5, 5.41) is 10.3. The lowest BCUT2D eigenvalue weighted by molar-refractivity contribution is 0.0949. The third-order valence-corrected chi connectivity index (χ3v) is 4.98. The number of carbonyl (C=O) groups is 1. The van der Waals surface area contributed by atoms with E-state index in [0.717, 1.165) is 13.0 Å². The SMILES string of the molecule is CCc1nc(COc2ccc(C(=O)NCC3NCCc4ccccc43)cc2)no1. The number of fused-ring (bicyclic) bond motifs is 1. The van der Waals surface area contributed by atoms with Crippen LogP contribution in [0.5, 0.6) is 5.75 Å². The van der Waals surface area contributed by atoms with Crippen LogP contribution >= 0.6 is 0 Å². The molecule has 150 valence electrons. The van der Waals surface area contributed by atoms with Crippen LogP contribution in [0.1, 0.15) is 46.2 Å². The fraction of sp³-hybridized carbons (Fsp3) is 0.318. The molecule has 1 atom stereocenters. The Labute approximate surface area is 169 Å². The third kappa shape index (κ3) is 4.63. The molecule has 2 N–H and O–H groups in total. The highest BCUT2D eigenvalue weighted by Crippen LogP contribution is 2.22. The molecule has 3 aromatic rings. The summed E-state index contributed by atoms with van der Waals surface area (Å²) in [4.78, 5) is 16.7. The van der Waals surface area contributed by atoms with Gasteiger partial charge in [-0.3, -0.25) is 4.79 Å². The average molecular weight is 392 g/mol. The number of ether oxygens (including phenoxy) is 1. The highest BCUT2D eigenvalue weighted by molar-refractivity contribution is 5.94. The first-order chi connectivity index (χ1) is 14.2. The van der Waals surface area contributed by atoms with E-state index in [4.69, 9.17) is 9.26 Å². The zero-order chi connectivity index (χ0) is 20.1. The molecular weight excluding hydrogens is 368 g/mol. The van der Waals surface area contributed by atoms with Gasteiger partial charge in [0.05, 0.1) is 0 Å². The van der Waals surface area contributed by atoms with Crippen molar-refractivity contribution in [2.75, 3.05) is 13.1 Å². The Morgan fingerprint density at radius 1 is 1.24 bits per heavy atom. The molecule has 0 radical (unpaired) electrons. The van der Waals surface area contributed by atoms with Gasteiger partial charge < -0.3 is 19.9 Å². The molecule has 1 aliphatic rings. The summed E-state index contributed by atoms with van der Waals surface area (Å²) in [6, 6.07) is 15.5. The largest absolute Gasteiger partial charge is 0.485 e. The fourth-order valence-corrected chi connectivity index (χ4v) is 3.41. The second kappa shape index (κ2) is 8.87. The van der Waals surface area contributed by atoms with E-state index in [1.807, 2.05) is 13.0 Å². The number of amides is 1. The minimum atomic E-state index is -0.104. The molecule has 29 heavy (non-hydrogen) atoms. The number of hydrogen-bond acceptors (Lipinski definition) is 6. The summed E-state index contributed by atoms with van der Waals surface area (Å²) < 4.78 is 10.7. The molecule has 0 saturated heterocycles. The Kier molecular flexibility index (Phi) is 5.86. The Hall–Kier alpha value is -3.19. The van der Waals surface area contributed by atoms with Gasteiger partial charge in [-0.15, -0.1) is 0 Å². The van der Waals surface area contributed by atoms with Crippen LogP contribution in [0.4, 0.5) is 0 Å². The number of rotatable bonds is 7. The molecule has 7 heteroatoms. The van der Waals surface area contributed by atoms with Gasteiger partial charge in [-0.05, 0) is 48.4 Å². The number of benzene rings is 2. The molecule has 0 saturated carbocycles. The zero-order valence-electron chi connectivity index (χ0n) is 16.4. The van der Waals surface area contributed by atoms with Gasteiger partial charge in [0.25, 0.3) is 5.91 Å².